The largest absolute Gasteiger partial charge is 0.493 e. The average Bonchev–Trinajstić information content (AvgIpc) is 2.68. The first kappa shape index (κ1) is 20.9. The van der Waals surface area contributed by atoms with E-state index in [2.05, 4.69) is 21.9 Å². The summed E-state index contributed by atoms with van der Waals surface area (Å²) in [7, 11) is 7.31. The van der Waals surface area contributed by atoms with Crippen molar-refractivity contribution >= 4 is 11.6 Å². The monoisotopic (exact) mass is 404 g/mol. The van der Waals surface area contributed by atoms with Gasteiger partial charge in [-0.05, 0) is 32.1 Å². The SMILES string of the molecule is COc1cc(Cl)cc(CN2CC[C@@](c3ccccc3)(N(C)C)[C@H](O)C2)c1OC. The molecule has 2 atom stereocenters. The van der Waals surface area contributed by atoms with E-state index in [-0.39, 0.29) is 0 Å². The number of rotatable bonds is 6. The predicted molar refractivity (Wildman–Crippen MR) is 112 cm³/mol. The zero-order chi connectivity index (χ0) is 20.3. The molecule has 2 aromatic carbocycles. The van der Waals surface area contributed by atoms with E-state index in [4.69, 9.17) is 21.1 Å². The normalized spacial score (nSPS) is 23.0. The summed E-state index contributed by atoms with van der Waals surface area (Å²) in [5.41, 5.74) is 1.71. The number of likely N-dealkylation sites (tertiary alicyclic amines) is 1. The van der Waals surface area contributed by atoms with E-state index in [0.717, 1.165) is 24.1 Å². The fourth-order valence-electron chi connectivity index (χ4n) is 4.33. The quantitative estimate of drug-likeness (QED) is 0.799. The summed E-state index contributed by atoms with van der Waals surface area (Å²) in [6, 6.07) is 13.9. The molecule has 3 rings (SSSR count). The molecule has 6 heteroatoms. The summed E-state index contributed by atoms with van der Waals surface area (Å²) >= 11 is 6.26. The first-order valence-corrected chi connectivity index (χ1v) is 9.84. The van der Waals surface area contributed by atoms with E-state index in [9.17, 15) is 5.11 Å². The van der Waals surface area contributed by atoms with E-state index in [1.807, 2.05) is 38.4 Å². The molecular formula is C22H29ClN2O3. The Kier molecular flexibility index (Phi) is 6.50. The minimum Gasteiger partial charge on any atom is -0.493 e. The lowest BCUT2D eigenvalue weighted by atomic mass is 9.77. The van der Waals surface area contributed by atoms with Gasteiger partial charge in [0.15, 0.2) is 11.5 Å². The Morgan fingerprint density at radius 3 is 2.46 bits per heavy atom. The standard InChI is InChI=1S/C22H29ClN2O3/c1-24(2)22(17-8-6-5-7-9-17)10-11-25(15-20(22)26)14-16-12-18(23)13-19(27-3)21(16)28-4/h5-9,12-13,20,26H,10-11,14-15H2,1-4H3/t20-,22+/m1/s1. The fraction of sp³-hybridized carbons (Fsp3) is 0.455. The van der Waals surface area contributed by atoms with Crippen LogP contribution in [0.4, 0.5) is 0 Å². The molecule has 0 unspecified atom stereocenters. The molecule has 1 aliphatic rings. The third-order valence-electron chi connectivity index (χ3n) is 5.78. The molecule has 0 saturated carbocycles. The van der Waals surface area contributed by atoms with Gasteiger partial charge in [-0.3, -0.25) is 9.80 Å². The summed E-state index contributed by atoms with van der Waals surface area (Å²) in [6.45, 7) is 2.04. The van der Waals surface area contributed by atoms with Crippen molar-refractivity contribution in [2.45, 2.75) is 24.6 Å². The van der Waals surface area contributed by atoms with Crippen LogP contribution in [0, 0.1) is 0 Å². The average molecular weight is 405 g/mol. The van der Waals surface area contributed by atoms with Crippen LogP contribution in [0.1, 0.15) is 17.5 Å². The van der Waals surface area contributed by atoms with Gasteiger partial charge in [0.05, 0.1) is 25.9 Å². The minimum atomic E-state index is -0.522. The van der Waals surface area contributed by atoms with Crippen LogP contribution in [-0.4, -0.2) is 62.4 Å². The summed E-state index contributed by atoms with van der Waals surface area (Å²) in [6.07, 6.45) is 0.302. The van der Waals surface area contributed by atoms with Gasteiger partial charge in [-0.15, -0.1) is 0 Å². The van der Waals surface area contributed by atoms with Crippen molar-refractivity contribution in [3.05, 3.63) is 58.6 Å². The lowest BCUT2D eigenvalue weighted by Gasteiger charge is -2.50. The maximum Gasteiger partial charge on any atom is 0.165 e. The number of methoxy groups -OCH3 is 2. The lowest BCUT2D eigenvalue weighted by Crippen LogP contribution is -2.59. The summed E-state index contributed by atoms with van der Waals surface area (Å²) in [5.74, 6) is 1.31. The predicted octanol–water partition coefficient (Wildman–Crippen LogP) is 3.38. The first-order chi connectivity index (χ1) is 13.4. The Morgan fingerprint density at radius 1 is 1.18 bits per heavy atom. The van der Waals surface area contributed by atoms with Gasteiger partial charge in [0, 0.05) is 36.3 Å². The number of hydrogen-bond acceptors (Lipinski definition) is 5. The number of ether oxygens (including phenoxy) is 2. The molecule has 1 fully saturated rings. The Bertz CT molecular complexity index is 800. The van der Waals surface area contributed by atoms with Crippen LogP contribution in [0.2, 0.25) is 5.02 Å². The second kappa shape index (κ2) is 8.70. The summed E-state index contributed by atoms with van der Waals surface area (Å²) < 4.78 is 11.0. The zero-order valence-corrected chi connectivity index (χ0v) is 17.7. The van der Waals surface area contributed by atoms with Crippen LogP contribution in [0.25, 0.3) is 0 Å². The van der Waals surface area contributed by atoms with Gasteiger partial charge < -0.3 is 14.6 Å². The Morgan fingerprint density at radius 2 is 1.89 bits per heavy atom. The maximum absolute atomic E-state index is 11.2. The second-order valence-electron chi connectivity index (χ2n) is 7.49. The summed E-state index contributed by atoms with van der Waals surface area (Å²) in [5, 5.41) is 11.8. The van der Waals surface area contributed by atoms with E-state index >= 15 is 0 Å². The molecule has 5 nitrogen and oxygen atoms in total. The summed E-state index contributed by atoms with van der Waals surface area (Å²) in [4.78, 5) is 4.39. The van der Waals surface area contributed by atoms with Crippen LogP contribution >= 0.6 is 11.6 Å². The number of aliphatic hydroxyl groups excluding tert-OH is 1. The molecule has 152 valence electrons. The molecule has 0 aliphatic carbocycles. The molecule has 28 heavy (non-hydrogen) atoms. The lowest BCUT2D eigenvalue weighted by molar-refractivity contribution is -0.0703. The number of aliphatic hydroxyl groups is 1. The van der Waals surface area contributed by atoms with Crippen molar-refractivity contribution in [1.82, 2.24) is 9.80 Å². The van der Waals surface area contributed by atoms with Gasteiger partial charge in [0.25, 0.3) is 0 Å². The van der Waals surface area contributed by atoms with Crippen molar-refractivity contribution < 1.29 is 14.6 Å². The molecule has 0 radical (unpaired) electrons. The number of likely N-dealkylation sites (N-methyl/N-ethyl adjacent to an activating group) is 1. The van der Waals surface area contributed by atoms with Crippen molar-refractivity contribution in [3.8, 4) is 11.5 Å². The highest BCUT2D eigenvalue weighted by Crippen LogP contribution is 2.40. The molecule has 0 spiro atoms. The zero-order valence-electron chi connectivity index (χ0n) is 17.0. The Balaban J connectivity index is 1.84. The van der Waals surface area contributed by atoms with Crippen LogP contribution in [-0.2, 0) is 12.1 Å². The van der Waals surface area contributed by atoms with E-state index < -0.39 is 11.6 Å². The molecule has 0 aromatic heterocycles. The van der Waals surface area contributed by atoms with Crippen LogP contribution in [0.3, 0.4) is 0 Å². The highest BCUT2D eigenvalue weighted by atomic mass is 35.5. The smallest absolute Gasteiger partial charge is 0.165 e. The van der Waals surface area contributed by atoms with Gasteiger partial charge in [-0.2, -0.15) is 0 Å². The molecule has 1 saturated heterocycles. The van der Waals surface area contributed by atoms with Crippen molar-refractivity contribution in [3.63, 3.8) is 0 Å². The van der Waals surface area contributed by atoms with Crippen molar-refractivity contribution in [1.29, 1.82) is 0 Å². The third-order valence-corrected chi connectivity index (χ3v) is 6.00. The Labute approximate surface area is 172 Å². The van der Waals surface area contributed by atoms with Gasteiger partial charge in [0.2, 0.25) is 0 Å². The topological polar surface area (TPSA) is 45.2 Å². The number of nitrogens with zero attached hydrogens (tertiary/aromatic N) is 2. The van der Waals surface area contributed by atoms with Crippen molar-refractivity contribution in [2.24, 2.45) is 0 Å². The van der Waals surface area contributed by atoms with Crippen LogP contribution in [0.15, 0.2) is 42.5 Å². The molecule has 2 aromatic rings. The highest BCUT2D eigenvalue weighted by Gasteiger charge is 2.45. The second-order valence-corrected chi connectivity index (χ2v) is 7.92. The first-order valence-electron chi connectivity index (χ1n) is 9.46. The van der Waals surface area contributed by atoms with Gasteiger partial charge in [-0.1, -0.05) is 41.9 Å². The maximum atomic E-state index is 11.2. The number of β-amino-alcohol motifs (C(OH)–C–C–N with tert-alkyl or cyclic N) is 1. The Hall–Kier alpha value is -1.79. The molecule has 1 heterocycles. The van der Waals surface area contributed by atoms with Crippen LogP contribution < -0.4 is 9.47 Å². The van der Waals surface area contributed by atoms with Gasteiger partial charge >= 0.3 is 0 Å². The molecule has 0 bridgehead atoms. The molecule has 1 aliphatic heterocycles. The molecule has 1 N–H and O–H groups in total. The van der Waals surface area contributed by atoms with E-state index in [0.29, 0.717) is 29.6 Å². The third kappa shape index (κ3) is 3.85. The number of halogens is 1. The molecule has 0 amide bonds. The van der Waals surface area contributed by atoms with Gasteiger partial charge in [-0.25, -0.2) is 0 Å². The number of hydrogen-bond donors (Lipinski definition) is 1. The highest BCUT2D eigenvalue weighted by molar-refractivity contribution is 6.30. The van der Waals surface area contributed by atoms with E-state index in [1.165, 1.54) is 0 Å². The number of benzene rings is 2. The minimum absolute atomic E-state index is 0.395. The van der Waals surface area contributed by atoms with E-state index in [1.54, 1.807) is 20.3 Å². The van der Waals surface area contributed by atoms with Gasteiger partial charge in [0.1, 0.15) is 0 Å². The van der Waals surface area contributed by atoms with Crippen molar-refractivity contribution in [2.75, 3.05) is 41.4 Å². The molecular weight excluding hydrogens is 376 g/mol. The van der Waals surface area contributed by atoms with Crippen LogP contribution in [0.5, 0.6) is 11.5 Å². The fourth-order valence-corrected chi connectivity index (χ4v) is 4.56. The number of piperidine rings is 1.